The van der Waals surface area contributed by atoms with E-state index in [1.165, 1.54) is 24.1 Å². The van der Waals surface area contributed by atoms with Gasteiger partial charge >= 0.3 is 0 Å². The van der Waals surface area contributed by atoms with Crippen molar-refractivity contribution in [2.75, 3.05) is 61.9 Å². The summed E-state index contributed by atoms with van der Waals surface area (Å²) in [6, 6.07) is 24.1. The maximum absolute atomic E-state index is 11.7. The predicted molar refractivity (Wildman–Crippen MR) is 219 cm³/mol. The second kappa shape index (κ2) is 16.4. The van der Waals surface area contributed by atoms with E-state index in [0.29, 0.717) is 43.2 Å². The summed E-state index contributed by atoms with van der Waals surface area (Å²) in [7, 11) is 1.63. The van der Waals surface area contributed by atoms with Crippen LogP contribution < -0.4 is 25.6 Å². The van der Waals surface area contributed by atoms with E-state index >= 15 is 0 Å². The van der Waals surface area contributed by atoms with Crippen LogP contribution in [0.15, 0.2) is 79.1 Å². The van der Waals surface area contributed by atoms with Gasteiger partial charge in [-0.1, -0.05) is 36.4 Å². The molecule has 0 spiro atoms. The zero-order valence-electron chi connectivity index (χ0n) is 31.8. The van der Waals surface area contributed by atoms with Crippen molar-refractivity contribution in [3.05, 3.63) is 95.8 Å². The van der Waals surface area contributed by atoms with Gasteiger partial charge in [-0.15, -0.1) is 0 Å². The number of aromatic nitrogens is 3. The Morgan fingerprint density at radius 1 is 0.964 bits per heavy atom. The molecule has 3 aromatic carbocycles. The maximum Gasteiger partial charge on any atom is 0.237 e. The van der Waals surface area contributed by atoms with E-state index in [2.05, 4.69) is 109 Å². The Hall–Kier alpha value is -5.55. The Balaban J connectivity index is 0.823. The molecule has 1 unspecified atom stereocenters. The van der Waals surface area contributed by atoms with Crippen molar-refractivity contribution in [2.45, 2.75) is 63.3 Å². The molecule has 284 valence electrons. The van der Waals surface area contributed by atoms with Gasteiger partial charge in [-0.25, -0.2) is 15.0 Å². The molecule has 55 heavy (non-hydrogen) atoms. The molecule has 0 radical (unpaired) electrons. The van der Waals surface area contributed by atoms with Crippen LogP contribution in [-0.4, -0.2) is 84.5 Å². The van der Waals surface area contributed by atoms with Gasteiger partial charge in [0.2, 0.25) is 17.7 Å². The van der Waals surface area contributed by atoms with Gasteiger partial charge in [0.05, 0.1) is 5.52 Å². The number of rotatable bonds is 11. The van der Waals surface area contributed by atoms with E-state index in [1.54, 1.807) is 7.05 Å². The number of ether oxygens (including phenoxy) is 1. The highest BCUT2D eigenvalue weighted by Gasteiger charge is 2.29. The number of likely N-dealkylation sites (tertiary alicyclic amines) is 1. The summed E-state index contributed by atoms with van der Waals surface area (Å²) < 4.78 is 5.72. The molecule has 2 saturated heterocycles. The van der Waals surface area contributed by atoms with Crippen molar-refractivity contribution in [1.29, 1.82) is 0 Å². The van der Waals surface area contributed by atoms with Crippen LogP contribution in [0.1, 0.15) is 67.1 Å². The lowest BCUT2D eigenvalue weighted by Crippen LogP contribution is -2.47. The van der Waals surface area contributed by atoms with Crippen molar-refractivity contribution in [1.82, 2.24) is 25.2 Å². The molecule has 2 aromatic heterocycles. The molecule has 5 heterocycles. The highest BCUT2D eigenvalue weighted by atomic mass is 16.5. The van der Waals surface area contributed by atoms with Crippen LogP contribution in [0.4, 0.5) is 23.0 Å². The Labute approximate surface area is 322 Å². The van der Waals surface area contributed by atoms with Crippen LogP contribution in [0.25, 0.3) is 22.0 Å². The number of nitrogens with one attached hydrogen (secondary N) is 3. The van der Waals surface area contributed by atoms with Gasteiger partial charge in [-0.05, 0) is 111 Å². The SMILES string of the molecule is CNC(=O)CCC(C=O)c1ccc(C2CCN(C3CCN(c4ccc(Nc5ncc6ccc(-c7cnc8c(c7C)NCCO8)cc6n5)cc4)CC3)CC2)cc1. The third kappa shape index (κ3) is 8.12. The first-order valence-electron chi connectivity index (χ1n) is 19.7. The van der Waals surface area contributed by atoms with Gasteiger partial charge < -0.3 is 35.3 Å². The van der Waals surface area contributed by atoms with Gasteiger partial charge in [-0.2, -0.15) is 0 Å². The number of piperidine rings is 2. The molecule has 3 aliphatic heterocycles. The summed E-state index contributed by atoms with van der Waals surface area (Å²) in [5.74, 6) is 1.50. The summed E-state index contributed by atoms with van der Waals surface area (Å²) >= 11 is 0. The lowest BCUT2D eigenvalue weighted by molar-refractivity contribution is -0.120. The Morgan fingerprint density at radius 2 is 1.75 bits per heavy atom. The number of fused-ring (bicyclic) bond motifs is 2. The van der Waals surface area contributed by atoms with Crippen LogP contribution in [-0.2, 0) is 9.59 Å². The zero-order valence-corrected chi connectivity index (χ0v) is 31.8. The summed E-state index contributed by atoms with van der Waals surface area (Å²) in [6.07, 6.45) is 10.3. The number of pyridine rings is 1. The zero-order chi connectivity index (χ0) is 37.7. The summed E-state index contributed by atoms with van der Waals surface area (Å²) in [5.41, 5.74) is 9.61. The first-order valence-corrected chi connectivity index (χ1v) is 19.7. The molecule has 3 aliphatic rings. The number of hydrogen-bond donors (Lipinski definition) is 3. The van der Waals surface area contributed by atoms with E-state index in [9.17, 15) is 9.59 Å². The molecule has 1 atom stereocenters. The quantitative estimate of drug-likeness (QED) is 0.120. The fraction of sp³-hybridized carbons (Fsp3) is 0.386. The molecule has 8 rings (SSSR count). The van der Waals surface area contributed by atoms with E-state index in [1.807, 2.05) is 12.4 Å². The number of aldehydes is 1. The summed E-state index contributed by atoms with van der Waals surface area (Å²) in [6.45, 7) is 7.84. The van der Waals surface area contributed by atoms with Crippen LogP contribution in [0.2, 0.25) is 0 Å². The normalized spacial score (nSPS) is 17.2. The van der Waals surface area contributed by atoms with Crippen LogP contribution in [0, 0.1) is 6.92 Å². The fourth-order valence-electron chi connectivity index (χ4n) is 8.48. The highest BCUT2D eigenvalue weighted by molar-refractivity contribution is 5.86. The average molecular weight is 739 g/mol. The van der Waals surface area contributed by atoms with E-state index in [-0.39, 0.29) is 11.8 Å². The van der Waals surface area contributed by atoms with Crippen LogP contribution in [0.3, 0.4) is 0 Å². The Morgan fingerprint density at radius 3 is 2.49 bits per heavy atom. The number of nitrogens with zero attached hydrogens (tertiary/aromatic N) is 5. The van der Waals surface area contributed by atoms with E-state index in [0.717, 1.165) is 96.4 Å². The number of carbonyl (C=O) groups excluding carboxylic acids is 2. The second-order valence-electron chi connectivity index (χ2n) is 15.0. The summed E-state index contributed by atoms with van der Waals surface area (Å²) in [4.78, 5) is 42.6. The minimum absolute atomic E-state index is 0.0307. The lowest BCUT2D eigenvalue weighted by Gasteiger charge is -2.42. The minimum atomic E-state index is -0.239. The first-order chi connectivity index (χ1) is 26.9. The van der Waals surface area contributed by atoms with Gasteiger partial charge in [0, 0.05) is 79.8 Å². The number of anilines is 4. The molecule has 11 heteroatoms. The number of benzene rings is 3. The van der Waals surface area contributed by atoms with E-state index in [4.69, 9.17) is 9.72 Å². The predicted octanol–water partition coefficient (Wildman–Crippen LogP) is 7.21. The van der Waals surface area contributed by atoms with Crippen LogP contribution >= 0.6 is 0 Å². The number of carbonyl (C=O) groups is 2. The van der Waals surface area contributed by atoms with Crippen LogP contribution in [0.5, 0.6) is 5.88 Å². The van der Waals surface area contributed by atoms with E-state index < -0.39 is 0 Å². The minimum Gasteiger partial charge on any atom is -0.474 e. The topological polar surface area (TPSA) is 125 Å². The van der Waals surface area contributed by atoms with Gasteiger partial charge in [0.15, 0.2) is 0 Å². The third-order valence-corrected chi connectivity index (χ3v) is 11.8. The molecular weight excluding hydrogens is 689 g/mol. The molecule has 0 saturated carbocycles. The highest BCUT2D eigenvalue weighted by Crippen LogP contribution is 2.37. The largest absolute Gasteiger partial charge is 0.474 e. The molecule has 2 fully saturated rings. The van der Waals surface area contributed by atoms with Gasteiger partial charge in [0.25, 0.3) is 0 Å². The molecule has 11 nitrogen and oxygen atoms in total. The second-order valence-corrected chi connectivity index (χ2v) is 15.0. The molecule has 3 N–H and O–H groups in total. The van der Waals surface area contributed by atoms with Crippen molar-refractivity contribution in [2.24, 2.45) is 0 Å². The summed E-state index contributed by atoms with van der Waals surface area (Å²) in [5, 5.41) is 10.5. The van der Waals surface area contributed by atoms with Crippen molar-refractivity contribution >= 4 is 46.1 Å². The monoisotopic (exact) mass is 738 g/mol. The third-order valence-electron chi connectivity index (χ3n) is 11.8. The number of amides is 1. The maximum atomic E-state index is 11.7. The molecule has 0 aliphatic carbocycles. The van der Waals surface area contributed by atoms with Crippen molar-refractivity contribution in [3.8, 4) is 17.0 Å². The first kappa shape index (κ1) is 36.4. The smallest absolute Gasteiger partial charge is 0.237 e. The van der Waals surface area contributed by atoms with Gasteiger partial charge in [-0.3, -0.25) is 4.79 Å². The lowest BCUT2D eigenvalue weighted by atomic mass is 9.86. The fourth-order valence-corrected chi connectivity index (χ4v) is 8.48. The van der Waals surface area contributed by atoms with Crippen molar-refractivity contribution < 1.29 is 14.3 Å². The standard InChI is InChI=1S/C44H50N8O3/c1-29-39(27-47-43-42(29)46-19-24-55-43)33-7-8-34-26-48-44(50-40(34)25-33)49-36-10-12-37(13-11-36)52-22-17-38(18-23-52)51-20-15-32(16-21-51)30-3-5-31(6-4-30)35(28-53)9-14-41(54)45-2/h3-8,10-13,25-28,32,35,38,46H,9,14-24H2,1-2H3,(H,45,54)(H,48,49,50). The Kier molecular flexibility index (Phi) is 10.9. The molecule has 5 aromatic rings. The molecule has 1 amide bonds. The molecule has 0 bridgehead atoms. The molecular formula is C44H50N8O3. The average Bonchev–Trinajstić information content (AvgIpc) is 3.24. The number of hydrogen-bond acceptors (Lipinski definition) is 10. The Bertz CT molecular complexity index is 2120. The van der Waals surface area contributed by atoms with Gasteiger partial charge in [0.1, 0.15) is 18.6 Å². The van der Waals surface area contributed by atoms with Crippen molar-refractivity contribution in [3.63, 3.8) is 0 Å².